The molecule has 1 N–H and O–H groups in total. The first kappa shape index (κ1) is 13.0. The summed E-state index contributed by atoms with van der Waals surface area (Å²) in [6.07, 6.45) is -1.70. The van der Waals surface area contributed by atoms with E-state index in [0.29, 0.717) is 25.9 Å². The van der Waals surface area contributed by atoms with Gasteiger partial charge < -0.3 is 10.1 Å². The summed E-state index contributed by atoms with van der Waals surface area (Å²) in [6, 6.07) is -0.441. The third-order valence-electron chi connectivity index (χ3n) is 2.43. The molecular weight excluding hydrogens is 223 g/mol. The zero-order valence-electron chi connectivity index (χ0n) is 8.72. The number of rotatable bonds is 4. The van der Waals surface area contributed by atoms with Crippen LogP contribution in [0.3, 0.4) is 0 Å². The quantitative estimate of drug-likeness (QED) is 0.757. The van der Waals surface area contributed by atoms with Gasteiger partial charge in [-0.05, 0) is 19.3 Å². The van der Waals surface area contributed by atoms with Crippen molar-refractivity contribution in [3.63, 3.8) is 0 Å². The van der Waals surface area contributed by atoms with Crippen LogP contribution in [0.5, 0.6) is 0 Å². The van der Waals surface area contributed by atoms with E-state index in [0.717, 1.165) is 0 Å². The number of ether oxygens (including phenoxy) is 1. The Hall–Kier alpha value is -1.04. The molecule has 1 rings (SSSR count). The molecule has 3 nitrogen and oxygen atoms in total. The number of halogens is 3. The zero-order valence-corrected chi connectivity index (χ0v) is 8.72. The van der Waals surface area contributed by atoms with Crippen LogP contribution in [0, 0.1) is 0 Å². The van der Waals surface area contributed by atoms with Crippen LogP contribution in [0.2, 0.25) is 0 Å². The Morgan fingerprint density at radius 1 is 1.50 bits per heavy atom. The molecule has 1 amide bonds. The number of carbonyl (C=O) groups is 1. The SMILES string of the molecule is C=CCOC1CCC(NC(=O)C(F)(F)F)C1. The molecule has 0 bridgehead atoms. The number of carbonyl (C=O) groups excluding carboxylic acids is 1. The van der Waals surface area contributed by atoms with Crippen molar-refractivity contribution in [3.05, 3.63) is 12.7 Å². The van der Waals surface area contributed by atoms with Crippen molar-refractivity contribution in [1.82, 2.24) is 5.32 Å². The van der Waals surface area contributed by atoms with E-state index in [1.807, 2.05) is 5.32 Å². The molecule has 1 aliphatic rings. The molecule has 0 saturated heterocycles. The maximum absolute atomic E-state index is 11.9. The van der Waals surface area contributed by atoms with Crippen LogP contribution < -0.4 is 5.32 Å². The van der Waals surface area contributed by atoms with Crippen molar-refractivity contribution in [2.24, 2.45) is 0 Å². The summed E-state index contributed by atoms with van der Waals surface area (Å²) in [5.41, 5.74) is 0. The summed E-state index contributed by atoms with van der Waals surface area (Å²) in [5, 5.41) is 1.96. The van der Waals surface area contributed by atoms with E-state index in [1.54, 1.807) is 6.08 Å². The lowest BCUT2D eigenvalue weighted by Gasteiger charge is -2.14. The highest BCUT2D eigenvalue weighted by Crippen LogP contribution is 2.23. The smallest absolute Gasteiger partial charge is 0.374 e. The van der Waals surface area contributed by atoms with Gasteiger partial charge in [0.15, 0.2) is 0 Å². The number of hydrogen-bond acceptors (Lipinski definition) is 2. The predicted octanol–water partition coefficient (Wildman–Crippen LogP) is 1.79. The van der Waals surface area contributed by atoms with Crippen molar-refractivity contribution >= 4 is 5.91 Å². The highest BCUT2D eigenvalue weighted by Gasteiger charge is 2.40. The fourth-order valence-corrected chi connectivity index (χ4v) is 1.69. The van der Waals surface area contributed by atoms with Crippen molar-refractivity contribution in [3.8, 4) is 0 Å². The van der Waals surface area contributed by atoms with Gasteiger partial charge in [0.25, 0.3) is 0 Å². The Morgan fingerprint density at radius 3 is 2.75 bits per heavy atom. The fraction of sp³-hybridized carbons (Fsp3) is 0.700. The fourth-order valence-electron chi connectivity index (χ4n) is 1.69. The second kappa shape index (κ2) is 5.34. The first-order valence-electron chi connectivity index (χ1n) is 5.03. The Kier molecular flexibility index (Phi) is 4.35. The molecule has 0 aromatic heterocycles. The van der Waals surface area contributed by atoms with Crippen LogP contribution in [-0.2, 0) is 9.53 Å². The van der Waals surface area contributed by atoms with E-state index in [1.165, 1.54) is 0 Å². The zero-order chi connectivity index (χ0) is 12.2. The minimum absolute atomic E-state index is 0.0865. The summed E-state index contributed by atoms with van der Waals surface area (Å²) in [4.78, 5) is 10.6. The molecule has 2 atom stereocenters. The van der Waals surface area contributed by atoms with Gasteiger partial charge in [-0.25, -0.2) is 0 Å². The molecule has 1 saturated carbocycles. The van der Waals surface area contributed by atoms with Gasteiger partial charge in [0, 0.05) is 6.04 Å². The molecule has 0 radical (unpaired) electrons. The van der Waals surface area contributed by atoms with Gasteiger partial charge in [-0.3, -0.25) is 4.79 Å². The normalized spacial score (nSPS) is 25.4. The summed E-state index contributed by atoms with van der Waals surface area (Å²) < 4.78 is 41.1. The summed E-state index contributed by atoms with van der Waals surface area (Å²) in [7, 11) is 0. The Labute approximate surface area is 91.6 Å². The first-order valence-corrected chi connectivity index (χ1v) is 5.03. The average Bonchev–Trinajstić information content (AvgIpc) is 2.61. The van der Waals surface area contributed by atoms with E-state index < -0.39 is 18.1 Å². The molecule has 0 aromatic rings. The van der Waals surface area contributed by atoms with Crippen LogP contribution >= 0.6 is 0 Å². The van der Waals surface area contributed by atoms with Gasteiger partial charge in [0.2, 0.25) is 0 Å². The molecule has 0 spiro atoms. The van der Waals surface area contributed by atoms with Crippen LogP contribution in [0.15, 0.2) is 12.7 Å². The molecule has 16 heavy (non-hydrogen) atoms. The van der Waals surface area contributed by atoms with E-state index in [-0.39, 0.29) is 6.10 Å². The minimum Gasteiger partial charge on any atom is -0.374 e. The molecule has 1 fully saturated rings. The van der Waals surface area contributed by atoms with Gasteiger partial charge in [-0.15, -0.1) is 6.58 Å². The predicted molar refractivity (Wildman–Crippen MR) is 51.8 cm³/mol. The Balaban J connectivity index is 2.31. The van der Waals surface area contributed by atoms with Gasteiger partial charge in [0.1, 0.15) is 0 Å². The van der Waals surface area contributed by atoms with Crippen molar-refractivity contribution < 1.29 is 22.7 Å². The van der Waals surface area contributed by atoms with Crippen molar-refractivity contribution in [1.29, 1.82) is 0 Å². The summed E-state index contributed by atoms with van der Waals surface area (Å²) >= 11 is 0. The van der Waals surface area contributed by atoms with Gasteiger partial charge in [0.05, 0.1) is 12.7 Å². The topological polar surface area (TPSA) is 38.3 Å². The summed E-state index contributed by atoms with van der Waals surface area (Å²) in [6.45, 7) is 3.86. The van der Waals surface area contributed by atoms with Crippen LogP contribution in [0.25, 0.3) is 0 Å². The first-order chi connectivity index (χ1) is 7.43. The standard InChI is InChI=1S/C10H14F3NO2/c1-2-5-16-8-4-3-7(6-8)14-9(15)10(11,12)13/h2,7-8H,1,3-6H2,(H,14,15). The van der Waals surface area contributed by atoms with E-state index in [2.05, 4.69) is 6.58 Å². The van der Waals surface area contributed by atoms with E-state index in [4.69, 9.17) is 4.74 Å². The minimum atomic E-state index is -4.81. The molecule has 0 aromatic carbocycles. The molecular formula is C10H14F3NO2. The Morgan fingerprint density at radius 2 is 2.19 bits per heavy atom. The van der Waals surface area contributed by atoms with Crippen LogP contribution in [0.4, 0.5) is 13.2 Å². The van der Waals surface area contributed by atoms with Crippen LogP contribution in [0.1, 0.15) is 19.3 Å². The molecule has 2 unspecified atom stereocenters. The molecule has 0 heterocycles. The number of nitrogens with one attached hydrogen (secondary N) is 1. The molecule has 1 aliphatic carbocycles. The van der Waals surface area contributed by atoms with Gasteiger partial charge in [-0.1, -0.05) is 6.08 Å². The van der Waals surface area contributed by atoms with Crippen LogP contribution in [-0.4, -0.2) is 30.8 Å². The van der Waals surface area contributed by atoms with E-state index >= 15 is 0 Å². The number of hydrogen-bond donors (Lipinski definition) is 1. The molecule has 92 valence electrons. The lowest BCUT2D eigenvalue weighted by atomic mass is 10.2. The monoisotopic (exact) mass is 237 g/mol. The molecule has 6 heteroatoms. The number of amides is 1. The second-order valence-corrected chi connectivity index (χ2v) is 3.73. The van der Waals surface area contributed by atoms with Crippen molar-refractivity contribution in [2.75, 3.05) is 6.61 Å². The number of alkyl halides is 3. The van der Waals surface area contributed by atoms with Crippen molar-refractivity contribution in [2.45, 2.75) is 37.6 Å². The molecule has 0 aliphatic heterocycles. The highest BCUT2D eigenvalue weighted by atomic mass is 19.4. The Bertz CT molecular complexity index is 265. The largest absolute Gasteiger partial charge is 0.471 e. The highest BCUT2D eigenvalue weighted by molar-refractivity contribution is 5.81. The third kappa shape index (κ3) is 3.84. The maximum atomic E-state index is 11.9. The lowest BCUT2D eigenvalue weighted by molar-refractivity contribution is -0.174. The third-order valence-corrected chi connectivity index (χ3v) is 2.43. The maximum Gasteiger partial charge on any atom is 0.471 e. The lowest BCUT2D eigenvalue weighted by Crippen LogP contribution is -2.42. The second-order valence-electron chi connectivity index (χ2n) is 3.73. The van der Waals surface area contributed by atoms with Gasteiger partial charge >= 0.3 is 12.1 Å². The average molecular weight is 237 g/mol. The summed E-state index contributed by atoms with van der Waals surface area (Å²) in [5.74, 6) is -1.87. The van der Waals surface area contributed by atoms with Gasteiger partial charge in [-0.2, -0.15) is 13.2 Å². The van der Waals surface area contributed by atoms with E-state index in [9.17, 15) is 18.0 Å².